The molecule has 0 unspecified atom stereocenters. The van der Waals surface area contributed by atoms with Crippen molar-refractivity contribution in [3.8, 4) is 0 Å². The molecular weight excluding hydrogens is 342 g/mol. The summed E-state index contributed by atoms with van der Waals surface area (Å²) >= 11 is 0. The summed E-state index contributed by atoms with van der Waals surface area (Å²) in [4.78, 5) is 2.35. The van der Waals surface area contributed by atoms with Gasteiger partial charge in [0, 0.05) is 18.4 Å². The molecule has 0 N–H and O–H groups in total. The molecule has 1 nitrogen and oxygen atoms in total. The monoisotopic (exact) mass is 363 g/mol. The van der Waals surface area contributed by atoms with Gasteiger partial charge in [0.2, 0.25) is 0 Å². The van der Waals surface area contributed by atoms with Crippen molar-refractivity contribution in [3.63, 3.8) is 0 Å². The minimum absolute atomic E-state index is 1.32. The molecule has 0 fully saturated rings. The van der Waals surface area contributed by atoms with Crippen LogP contribution in [0.2, 0.25) is 0 Å². The summed E-state index contributed by atoms with van der Waals surface area (Å²) < 4.78 is 0. The lowest BCUT2D eigenvalue weighted by Gasteiger charge is -2.43. The molecule has 4 aromatic rings. The lowest BCUT2D eigenvalue weighted by molar-refractivity contribution is 1.22. The molecule has 0 spiro atoms. The van der Waals surface area contributed by atoms with Crippen LogP contribution in [0, 0.1) is 0 Å². The number of benzene rings is 4. The minimum Gasteiger partial charge on any atom is -0.345 e. The number of hydrogen-bond acceptors (Lipinski definition) is 1. The predicted molar refractivity (Wildman–Crippen MR) is 118 cm³/mol. The van der Waals surface area contributed by atoms with Crippen LogP contribution in [0.4, 0.5) is 11.4 Å². The zero-order valence-electron chi connectivity index (χ0n) is 15.3. The second-order valence-corrected chi connectivity index (χ2v) is 10.8. The van der Waals surface area contributed by atoms with Gasteiger partial charge in [0.05, 0.1) is 0 Å². The summed E-state index contributed by atoms with van der Waals surface area (Å²) in [6.45, 7) is 0. The Morgan fingerprint density at radius 2 is 0.852 bits per heavy atom. The Bertz CT molecular complexity index is 1000. The van der Waals surface area contributed by atoms with E-state index in [2.05, 4.69) is 121 Å². The fraction of sp³-hybridized carbons (Fsp3) is 0.0400. The van der Waals surface area contributed by atoms with E-state index in [9.17, 15) is 0 Å². The molecule has 2 heteroatoms. The van der Waals surface area contributed by atoms with Crippen LogP contribution in [-0.2, 0) is 0 Å². The molecule has 0 bridgehead atoms. The van der Waals surface area contributed by atoms with E-state index in [1.165, 1.54) is 32.1 Å². The van der Waals surface area contributed by atoms with E-state index in [0.29, 0.717) is 0 Å². The molecule has 0 amide bonds. The normalized spacial score (nSPS) is 14.3. The van der Waals surface area contributed by atoms with E-state index in [0.717, 1.165) is 0 Å². The third-order valence-corrected chi connectivity index (χ3v) is 10.6. The summed E-state index contributed by atoms with van der Waals surface area (Å²) in [5.41, 5.74) is 2.63. The van der Waals surface area contributed by atoms with Gasteiger partial charge in [0.1, 0.15) is 0 Å². The fourth-order valence-electron chi connectivity index (χ4n) is 4.61. The van der Waals surface area contributed by atoms with Crippen LogP contribution < -0.4 is 25.6 Å². The van der Waals surface area contributed by atoms with Crippen molar-refractivity contribution in [1.82, 2.24) is 0 Å². The standard InChI is InChI=1S/C25H21NSi/c1-26-22-16-8-10-18-24(22)27(20-12-4-2-5-13-20,21-14-6-3-7-15-21)25-19-11-9-17-23(25)26/h2-19H,1H3. The quantitative estimate of drug-likeness (QED) is 0.495. The third-order valence-electron chi connectivity index (χ3n) is 5.75. The second-order valence-electron chi connectivity index (χ2n) is 7.08. The zero-order valence-corrected chi connectivity index (χ0v) is 16.3. The summed E-state index contributed by atoms with van der Waals surface area (Å²) in [5, 5.41) is 5.79. The van der Waals surface area contributed by atoms with Crippen LogP contribution in [0.3, 0.4) is 0 Å². The van der Waals surface area contributed by atoms with Gasteiger partial charge in [-0.05, 0) is 32.9 Å². The third kappa shape index (κ3) is 2.23. The number of para-hydroxylation sites is 2. The van der Waals surface area contributed by atoms with Crippen molar-refractivity contribution in [2.75, 3.05) is 11.9 Å². The van der Waals surface area contributed by atoms with Crippen molar-refractivity contribution < 1.29 is 0 Å². The summed E-state index contributed by atoms with van der Waals surface area (Å²) in [6, 6.07) is 40.1. The highest BCUT2D eigenvalue weighted by atomic mass is 28.3. The Balaban J connectivity index is 1.99. The van der Waals surface area contributed by atoms with Gasteiger partial charge in [0.25, 0.3) is 0 Å². The summed E-state index contributed by atoms with van der Waals surface area (Å²) in [7, 11) is -0.173. The van der Waals surface area contributed by atoms with Crippen LogP contribution in [0.5, 0.6) is 0 Å². The van der Waals surface area contributed by atoms with Crippen molar-refractivity contribution in [2.45, 2.75) is 0 Å². The SMILES string of the molecule is CN1c2ccccc2[Si](c2ccccc2)(c2ccccc2)c2ccccc21. The highest BCUT2D eigenvalue weighted by Crippen LogP contribution is 2.29. The second kappa shape index (κ2) is 6.25. The molecule has 1 heterocycles. The predicted octanol–water partition coefficient (Wildman–Crippen LogP) is 3.15. The van der Waals surface area contributed by atoms with Crippen LogP contribution in [0.25, 0.3) is 0 Å². The van der Waals surface area contributed by atoms with Crippen molar-refractivity contribution in [1.29, 1.82) is 0 Å². The maximum Gasteiger partial charge on any atom is 0.183 e. The number of hydrogen-bond donors (Lipinski definition) is 0. The van der Waals surface area contributed by atoms with Gasteiger partial charge in [-0.2, -0.15) is 0 Å². The summed E-state index contributed by atoms with van der Waals surface area (Å²) in [6.07, 6.45) is 0. The minimum atomic E-state index is -2.36. The number of rotatable bonds is 2. The Hall–Kier alpha value is -3.10. The molecule has 0 atom stereocenters. The molecule has 1 aliphatic heterocycles. The molecule has 0 aliphatic carbocycles. The molecule has 0 saturated carbocycles. The van der Waals surface area contributed by atoms with Crippen molar-refractivity contribution >= 4 is 40.2 Å². The molecule has 5 rings (SSSR count). The molecule has 27 heavy (non-hydrogen) atoms. The van der Waals surface area contributed by atoms with Gasteiger partial charge in [-0.3, -0.25) is 0 Å². The lowest BCUT2D eigenvalue weighted by Crippen LogP contribution is -2.77. The first-order valence-corrected chi connectivity index (χ1v) is 11.4. The molecule has 130 valence electrons. The van der Waals surface area contributed by atoms with Crippen molar-refractivity contribution in [2.24, 2.45) is 0 Å². The van der Waals surface area contributed by atoms with E-state index in [4.69, 9.17) is 0 Å². The van der Waals surface area contributed by atoms with Crippen LogP contribution in [0.1, 0.15) is 0 Å². The summed E-state index contributed by atoms with van der Waals surface area (Å²) in [5.74, 6) is 0. The van der Waals surface area contributed by atoms with E-state index in [1.54, 1.807) is 0 Å². The van der Waals surface area contributed by atoms with E-state index in [1.807, 2.05) is 0 Å². The molecule has 4 aromatic carbocycles. The van der Waals surface area contributed by atoms with Gasteiger partial charge in [-0.1, -0.05) is 97.1 Å². The zero-order chi connectivity index (χ0) is 18.3. The number of fused-ring (bicyclic) bond motifs is 2. The first-order valence-electron chi connectivity index (χ1n) is 9.37. The Morgan fingerprint density at radius 3 is 1.30 bits per heavy atom. The van der Waals surface area contributed by atoms with E-state index < -0.39 is 8.07 Å². The van der Waals surface area contributed by atoms with Gasteiger partial charge in [-0.25, -0.2) is 0 Å². The van der Waals surface area contributed by atoms with Crippen LogP contribution in [-0.4, -0.2) is 15.1 Å². The molecular formula is C25H21NSi. The average Bonchev–Trinajstić information content (AvgIpc) is 2.76. The van der Waals surface area contributed by atoms with Crippen molar-refractivity contribution in [3.05, 3.63) is 109 Å². The maximum absolute atomic E-state index is 2.36. The largest absolute Gasteiger partial charge is 0.345 e. The smallest absolute Gasteiger partial charge is 0.183 e. The van der Waals surface area contributed by atoms with Gasteiger partial charge >= 0.3 is 0 Å². The van der Waals surface area contributed by atoms with E-state index >= 15 is 0 Å². The molecule has 0 saturated heterocycles. The first-order chi connectivity index (χ1) is 13.3. The van der Waals surface area contributed by atoms with E-state index in [-0.39, 0.29) is 0 Å². The molecule has 1 aliphatic rings. The average molecular weight is 364 g/mol. The van der Waals surface area contributed by atoms with Gasteiger partial charge in [-0.15, -0.1) is 0 Å². The Labute approximate surface area is 161 Å². The topological polar surface area (TPSA) is 3.24 Å². The lowest BCUT2D eigenvalue weighted by atomic mass is 10.2. The van der Waals surface area contributed by atoms with Crippen LogP contribution >= 0.6 is 0 Å². The first kappa shape index (κ1) is 16.1. The fourth-order valence-corrected chi connectivity index (χ4v) is 9.82. The maximum atomic E-state index is 2.35. The molecule has 0 aromatic heterocycles. The molecule has 0 radical (unpaired) electrons. The van der Waals surface area contributed by atoms with Gasteiger partial charge < -0.3 is 4.90 Å². The Kier molecular flexibility index (Phi) is 3.73. The number of anilines is 2. The number of nitrogens with zero attached hydrogens (tertiary/aromatic N) is 1. The Morgan fingerprint density at radius 1 is 0.481 bits per heavy atom. The highest BCUT2D eigenvalue weighted by Gasteiger charge is 2.47. The van der Waals surface area contributed by atoms with Crippen LogP contribution in [0.15, 0.2) is 109 Å². The highest BCUT2D eigenvalue weighted by molar-refractivity contribution is 7.21. The van der Waals surface area contributed by atoms with Gasteiger partial charge in [0.15, 0.2) is 8.07 Å².